The van der Waals surface area contributed by atoms with E-state index in [0.29, 0.717) is 5.92 Å². The molecule has 0 aromatic carbocycles. The number of unbranched alkanes of at least 4 members (excludes halogenated alkanes) is 6. The summed E-state index contributed by atoms with van der Waals surface area (Å²) in [5.41, 5.74) is 0. The minimum Gasteiger partial charge on any atom is -0.353 e. The topological polar surface area (TPSA) is 18.5 Å². The fourth-order valence-electron chi connectivity index (χ4n) is 2.06. The van der Waals surface area contributed by atoms with E-state index in [1.165, 1.54) is 44.9 Å². The summed E-state index contributed by atoms with van der Waals surface area (Å²) in [7, 11) is 0. The molecule has 0 aromatic rings. The fourth-order valence-corrected chi connectivity index (χ4v) is 2.06. The Balaban J connectivity index is 3.61. The van der Waals surface area contributed by atoms with Gasteiger partial charge in [-0.25, -0.2) is 0 Å². The van der Waals surface area contributed by atoms with Gasteiger partial charge in [-0.1, -0.05) is 66.2 Å². The lowest BCUT2D eigenvalue weighted by Gasteiger charge is -2.20. The molecule has 0 radical (unpaired) electrons. The minimum atomic E-state index is 0.0167. The lowest BCUT2D eigenvalue weighted by Crippen LogP contribution is -2.21. The van der Waals surface area contributed by atoms with Crippen LogP contribution in [-0.4, -0.2) is 19.5 Å². The molecule has 0 saturated heterocycles. The third-order valence-corrected chi connectivity index (χ3v) is 3.27. The third kappa shape index (κ3) is 14.1. The average molecular weight is 272 g/mol. The largest absolute Gasteiger partial charge is 0.353 e. The Bertz CT molecular complexity index is 169. The van der Waals surface area contributed by atoms with Crippen molar-refractivity contribution in [1.29, 1.82) is 0 Å². The van der Waals surface area contributed by atoms with Gasteiger partial charge >= 0.3 is 0 Å². The molecule has 2 nitrogen and oxygen atoms in total. The van der Waals surface area contributed by atoms with E-state index in [9.17, 15) is 0 Å². The summed E-state index contributed by atoms with van der Waals surface area (Å²) in [6.07, 6.45) is 11.1. The van der Waals surface area contributed by atoms with Crippen molar-refractivity contribution in [1.82, 2.24) is 0 Å². The Labute approximate surface area is 121 Å². The zero-order valence-corrected chi connectivity index (χ0v) is 13.7. The van der Waals surface area contributed by atoms with Gasteiger partial charge in [-0.2, -0.15) is 0 Å². The summed E-state index contributed by atoms with van der Waals surface area (Å²) >= 11 is 0. The molecule has 116 valence electrons. The SMILES string of the molecule is CCCCCCCOC(CC(C)C)OCCCCC. The van der Waals surface area contributed by atoms with Crippen LogP contribution in [0.5, 0.6) is 0 Å². The predicted molar refractivity (Wildman–Crippen MR) is 83.4 cm³/mol. The maximum absolute atomic E-state index is 5.89. The van der Waals surface area contributed by atoms with Crippen LogP contribution in [0.25, 0.3) is 0 Å². The number of rotatable bonds is 14. The van der Waals surface area contributed by atoms with Crippen molar-refractivity contribution >= 4 is 0 Å². The molecule has 0 aliphatic heterocycles. The van der Waals surface area contributed by atoms with Crippen molar-refractivity contribution in [2.24, 2.45) is 5.92 Å². The van der Waals surface area contributed by atoms with Gasteiger partial charge in [0.1, 0.15) is 0 Å². The normalized spacial score (nSPS) is 13.1. The lowest BCUT2D eigenvalue weighted by molar-refractivity contribution is -0.152. The van der Waals surface area contributed by atoms with Gasteiger partial charge in [-0.3, -0.25) is 0 Å². The Morgan fingerprint density at radius 3 is 1.68 bits per heavy atom. The first-order valence-electron chi connectivity index (χ1n) is 8.43. The molecule has 2 heteroatoms. The molecule has 19 heavy (non-hydrogen) atoms. The Morgan fingerprint density at radius 1 is 0.684 bits per heavy atom. The van der Waals surface area contributed by atoms with E-state index < -0.39 is 0 Å². The second kappa shape index (κ2) is 14.3. The van der Waals surface area contributed by atoms with Gasteiger partial charge in [-0.05, 0) is 18.8 Å². The molecule has 0 N–H and O–H groups in total. The second-order valence-corrected chi connectivity index (χ2v) is 5.92. The quantitative estimate of drug-likeness (QED) is 0.305. The molecule has 0 amide bonds. The molecular weight excluding hydrogens is 236 g/mol. The Morgan fingerprint density at radius 2 is 1.16 bits per heavy atom. The zero-order valence-electron chi connectivity index (χ0n) is 13.7. The monoisotopic (exact) mass is 272 g/mol. The first-order valence-corrected chi connectivity index (χ1v) is 8.43. The highest BCUT2D eigenvalue weighted by Crippen LogP contribution is 2.12. The molecule has 0 spiro atoms. The van der Waals surface area contributed by atoms with Crippen molar-refractivity contribution < 1.29 is 9.47 Å². The summed E-state index contributed by atoms with van der Waals surface area (Å²) in [5.74, 6) is 0.635. The van der Waals surface area contributed by atoms with Gasteiger partial charge in [0.15, 0.2) is 6.29 Å². The molecule has 0 saturated carbocycles. The maximum atomic E-state index is 5.89. The van der Waals surface area contributed by atoms with Crippen LogP contribution in [-0.2, 0) is 9.47 Å². The minimum absolute atomic E-state index is 0.0167. The molecule has 0 fully saturated rings. The van der Waals surface area contributed by atoms with Crippen molar-refractivity contribution in [3.8, 4) is 0 Å². The van der Waals surface area contributed by atoms with E-state index in [4.69, 9.17) is 9.47 Å². The highest BCUT2D eigenvalue weighted by Gasteiger charge is 2.11. The van der Waals surface area contributed by atoms with Gasteiger partial charge in [0.05, 0.1) is 0 Å². The standard InChI is InChI=1S/C17H36O2/c1-5-7-9-10-12-14-19-17(15-16(3)4)18-13-11-8-6-2/h16-17H,5-15H2,1-4H3. The molecule has 1 unspecified atom stereocenters. The van der Waals surface area contributed by atoms with Crippen LogP contribution >= 0.6 is 0 Å². The van der Waals surface area contributed by atoms with Crippen LogP contribution in [0.15, 0.2) is 0 Å². The molecule has 0 aromatic heterocycles. The van der Waals surface area contributed by atoms with Crippen molar-refractivity contribution in [3.05, 3.63) is 0 Å². The highest BCUT2D eigenvalue weighted by atomic mass is 16.7. The third-order valence-electron chi connectivity index (χ3n) is 3.27. The maximum Gasteiger partial charge on any atom is 0.157 e. The number of hydrogen-bond acceptors (Lipinski definition) is 2. The van der Waals surface area contributed by atoms with Gasteiger partial charge in [0.25, 0.3) is 0 Å². The molecular formula is C17H36O2. The van der Waals surface area contributed by atoms with Crippen LogP contribution in [0.1, 0.15) is 85.5 Å². The van der Waals surface area contributed by atoms with E-state index in [2.05, 4.69) is 27.7 Å². The summed E-state index contributed by atoms with van der Waals surface area (Å²) < 4.78 is 11.8. The van der Waals surface area contributed by atoms with E-state index >= 15 is 0 Å². The van der Waals surface area contributed by atoms with E-state index in [-0.39, 0.29) is 6.29 Å². The van der Waals surface area contributed by atoms with Crippen LogP contribution in [0.3, 0.4) is 0 Å². The molecule has 0 aliphatic rings. The molecule has 1 atom stereocenters. The van der Waals surface area contributed by atoms with Gasteiger partial charge in [-0.15, -0.1) is 0 Å². The van der Waals surface area contributed by atoms with Crippen molar-refractivity contribution in [2.45, 2.75) is 91.8 Å². The van der Waals surface area contributed by atoms with E-state index in [1.54, 1.807) is 0 Å². The van der Waals surface area contributed by atoms with Gasteiger partial charge in [0.2, 0.25) is 0 Å². The Hall–Kier alpha value is -0.0800. The second-order valence-electron chi connectivity index (χ2n) is 5.92. The van der Waals surface area contributed by atoms with E-state index in [0.717, 1.165) is 26.1 Å². The van der Waals surface area contributed by atoms with E-state index in [1.807, 2.05) is 0 Å². The number of ether oxygens (including phenoxy) is 2. The first-order chi connectivity index (χ1) is 9.20. The lowest BCUT2D eigenvalue weighted by atomic mass is 10.1. The first kappa shape index (κ1) is 18.9. The fraction of sp³-hybridized carbons (Fsp3) is 1.00. The van der Waals surface area contributed by atoms with Crippen molar-refractivity contribution in [2.75, 3.05) is 13.2 Å². The van der Waals surface area contributed by atoms with Crippen LogP contribution < -0.4 is 0 Å². The van der Waals surface area contributed by atoms with Crippen LogP contribution in [0, 0.1) is 5.92 Å². The van der Waals surface area contributed by atoms with Crippen LogP contribution in [0.4, 0.5) is 0 Å². The number of hydrogen-bond donors (Lipinski definition) is 0. The Kier molecular flexibility index (Phi) is 14.3. The summed E-state index contributed by atoms with van der Waals surface area (Å²) in [6.45, 7) is 10.6. The smallest absolute Gasteiger partial charge is 0.157 e. The molecule has 0 rings (SSSR count). The summed E-state index contributed by atoms with van der Waals surface area (Å²) in [5, 5.41) is 0. The molecule has 0 bridgehead atoms. The molecule has 0 heterocycles. The average Bonchev–Trinajstić information content (AvgIpc) is 2.37. The zero-order chi connectivity index (χ0) is 14.3. The van der Waals surface area contributed by atoms with Gasteiger partial charge < -0.3 is 9.47 Å². The summed E-state index contributed by atoms with van der Waals surface area (Å²) in [4.78, 5) is 0. The van der Waals surface area contributed by atoms with Gasteiger partial charge in [0, 0.05) is 19.6 Å². The predicted octanol–water partition coefficient (Wildman–Crippen LogP) is 5.55. The van der Waals surface area contributed by atoms with Crippen molar-refractivity contribution in [3.63, 3.8) is 0 Å². The molecule has 0 aliphatic carbocycles. The summed E-state index contributed by atoms with van der Waals surface area (Å²) in [6, 6.07) is 0. The van der Waals surface area contributed by atoms with Crippen LogP contribution in [0.2, 0.25) is 0 Å². The highest BCUT2D eigenvalue weighted by molar-refractivity contribution is 4.52.